The van der Waals surface area contributed by atoms with Crippen molar-refractivity contribution in [1.29, 1.82) is 0 Å². The molecule has 1 aromatic carbocycles. The Kier molecular flexibility index (Phi) is 7.39. The smallest absolute Gasteiger partial charge is 0.191 e. The van der Waals surface area contributed by atoms with Gasteiger partial charge in [-0.25, -0.2) is 0 Å². The number of halogens is 1. The van der Waals surface area contributed by atoms with Crippen molar-refractivity contribution < 1.29 is 4.74 Å². The summed E-state index contributed by atoms with van der Waals surface area (Å²) in [5, 5.41) is 7.70. The zero-order valence-electron chi connectivity index (χ0n) is 16.6. The molecule has 2 N–H and O–H groups in total. The first-order valence-electron chi connectivity index (χ1n) is 10.3. The van der Waals surface area contributed by atoms with Crippen LogP contribution in [0.5, 0.6) is 0 Å². The number of likely N-dealkylation sites (tertiary alicyclic amines) is 1. The van der Waals surface area contributed by atoms with Crippen LogP contribution >= 0.6 is 11.6 Å². The highest BCUT2D eigenvalue weighted by Crippen LogP contribution is 2.31. The van der Waals surface area contributed by atoms with Gasteiger partial charge in [0.15, 0.2) is 5.96 Å². The van der Waals surface area contributed by atoms with Gasteiger partial charge in [-0.05, 0) is 70.3 Å². The minimum atomic E-state index is 0.138. The standard InChI is InChI=1S/C21H33ClN4O/c1-3-23-20(25-17(2)18-7-6-8-19(22)15-18)24-16-21(9-13-27-14-10-21)26-11-4-5-12-26/h6-8,15,17H,3-5,9-14,16H2,1-2H3,(H2,23,24,25). The number of nitrogens with zero attached hydrogens (tertiary/aromatic N) is 2. The summed E-state index contributed by atoms with van der Waals surface area (Å²) >= 11 is 6.15. The van der Waals surface area contributed by atoms with Crippen LogP contribution in [0, 0.1) is 0 Å². The van der Waals surface area contributed by atoms with Gasteiger partial charge in [0.25, 0.3) is 0 Å². The van der Waals surface area contributed by atoms with Crippen molar-refractivity contribution in [2.45, 2.75) is 51.1 Å². The average Bonchev–Trinajstić information content (AvgIpc) is 3.22. The maximum absolute atomic E-state index is 6.15. The van der Waals surface area contributed by atoms with Gasteiger partial charge in [0.05, 0.1) is 12.6 Å². The van der Waals surface area contributed by atoms with Crippen molar-refractivity contribution >= 4 is 17.6 Å². The van der Waals surface area contributed by atoms with Crippen LogP contribution in [0.15, 0.2) is 29.3 Å². The molecule has 0 aromatic heterocycles. The molecule has 6 heteroatoms. The van der Waals surface area contributed by atoms with E-state index in [4.69, 9.17) is 21.3 Å². The molecule has 2 aliphatic rings. The van der Waals surface area contributed by atoms with Crippen molar-refractivity contribution in [2.75, 3.05) is 39.4 Å². The predicted octanol–water partition coefficient (Wildman–Crippen LogP) is 3.60. The van der Waals surface area contributed by atoms with E-state index < -0.39 is 0 Å². The van der Waals surface area contributed by atoms with E-state index >= 15 is 0 Å². The van der Waals surface area contributed by atoms with Crippen molar-refractivity contribution in [2.24, 2.45) is 4.99 Å². The Balaban J connectivity index is 1.71. The minimum Gasteiger partial charge on any atom is -0.381 e. The molecule has 27 heavy (non-hydrogen) atoms. The van der Waals surface area contributed by atoms with Crippen LogP contribution in [0.3, 0.4) is 0 Å². The molecule has 3 rings (SSSR count). The minimum absolute atomic E-state index is 0.138. The molecule has 1 atom stereocenters. The van der Waals surface area contributed by atoms with E-state index in [1.165, 1.54) is 25.9 Å². The highest BCUT2D eigenvalue weighted by Gasteiger charge is 2.39. The van der Waals surface area contributed by atoms with Crippen LogP contribution in [0.25, 0.3) is 0 Å². The van der Waals surface area contributed by atoms with E-state index in [1.807, 2.05) is 18.2 Å². The van der Waals surface area contributed by atoms with Gasteiger partial charge in [-0.1, -0.05) is 23.7 Å². The van der Waals surface area contributed by atoms with Gasteiger partial charge >= 0.3 is 0 Å². The summed E-state index contributed by atoms with van der Waals surface area (Å²) in [6.45, 7) is 9.97. The van der Waals surface area contributed by atoms with Gasteiger partial charge in [-0.2, -0.15) is 0 Å². The molecule has 150 valence electrons. The van der Waals surface area contributed by atoms with Crippen molar-refractivity contribution in [1.82, 2.24) is 15.5 Å². The molecule has 1 unspecified atom stereocenters. The summed E-state index contributed by atoms with van der Waals surface area (Å²) in [5.74, 6) is 0.870. The topological polar surface area (TPSA) is 48.9 Å². The summed E-state index contributed by atoms with van der Waals surface area (Å²) in [4.78, 5) is 7.66. The molecule has 1 aromatic rings. The van der Waals surface area contributed by atoms with Crippen LogP contribution in [-0.2, 0) is 4.74 Å². The van der Waals surface area contributed by atoms with E-state index in [0.29, 0.717) is 0 Å². The van der Waals surface area contributed by atoms with Gasteiger partial charge in [-0.15, -0.1) is 0 Å². The molecule has 2 heterocycles. The first-order chi connectivity index (χ1) is 13.1. The molecule has 0 bridgehead atoms. The second-order valence-electron chi connectivity index (χ2n) is 7.65. The second-order valence-corrected chi connectivity index (χ2v) is 8.08. The zero-order valence-corrected chi connectivity index (χ0v) is 17.4. The average molecular weight is 393 g/mol. The number of hydrogen-bond donors (Lipinski definition) is 2. The fourth-order valence-electron chi connectivity index (χ4n) is 4.13. The summed E-state index contributed by atoms with van der Waals surface area (Å²) in [7, 11) is 0. The molecule has 2 aliphatic heterocycles. The maximum Gasteiger partial charge on any atom is 0.191 e. The van der Waals surface area contributed by atoms with E-state index in [0.717, 1.165) is 55.7 Å². The van der Waals surface area contributed by atoms with Gasteiger partial charge in [0.1, 0.15) is 0 Å². The Morgan fingerprint density at radius 1 is 1.30 bits per heavy atom. The highest BCUT2D eigenvalue weighted by molar-refractivity contribution is 6.30. The Bertz CT molecular complexity index is 624. The van der Waals surface area contributed by atoms with E-state index in [-0.39, 0.29) is 11.6 Å². The van der Waals surface area contributed by atoms with Crippen molar-refractivity contribution in [3.63, 3.8) is 0 Å². The number of guanidine groups is 1. The van der Waals surface area contributed by atoms with Gasteiger partial charge in [0, 0.05) is 30.3 Å². The van der Waals surface area contributed by atoms with E-state index in [2.05, 4.69) is 35.4 Å². The third-order valence-electron chi connectivity index (χ3n) is 5.78. The fraction of sp³-hybridized carbons (Fsp3) is 0.667. The normalized spacial score (nSPS) is 21.8. The van der Waals surface area contributed by atoms with E-state index in [1.54, 1.807) is 0 Å². The lowest BCUT2D eigenvalue weighted by Gasteiger charge is -2.43. The molecule has 2 fully saturated rings. The van der Waals surface area contributed by atoms with Gasteiger partial charge in [-0.3, -0.25) is 9.89 Å². The SMILES string of the molecule is CCNC(=NCC1(N2CCCC2)CCOCC1)NC(C)c1cccc(Cl)c1. The molecule has 0 spiro atoms. The van der Waals surface area contributed by atoms with Crippen molar-refractivity contribution in [3.8, 4) is 0 Å². The molecule has 0 radical (unpaired) electrons. The summed E-state index contributed by atoms with van der Waals surface area (Å²) in [5.41, 5.74) is 1.31. The number of nitrogens with one attached hydrogen (secondary N) is 2. The fourth-order valence-corrected chi connectivity index (χ4v) is 4.33. The highest BCUT2D eigenvalue weighted by atomic mass is 35.5. The molecular formula is C21H33ClN4O. The number of hydrogen-bond acceptors (Lipinski definition) is 3. The lowest BCUT2D eigenvalue weighted by molar-refractivity contribution is -0.0139. The Hall–Kier alpha value is -1.30. The largest absolute Gasteiger partial charge is 0.381 e. The lowest BCUT2D eigenvalue weighted by atomic mass is 9.88. The first kappa shape index (κ1) is 20.4. The quantitative estimate of drug-likeness (QED) is 0.573. The van der Waals surface area contributed by atoms with Crippen molar-refractivity contribution in [3.05, 3.63) is 34.9 Å². The third kappa shape index (κ3) is 5.37. The zero-order chi connectivity index (χ0) is 19.1. The molecular weight excluding hydrogens is 360 g/mol. The van der Waals surface area contributed by atoms with E-state index in [9.17, 15) is 0 Å². The lowest BCUT2D eigenvalue weighted by Crippen LogP contribution is -2.54. The second kappa shape index (κ2) is 9.76. The van der Waals surface area contributed by atoms with Crippen LogP contribution in [0.1, 0.15) is 51.1 Å². The predicted molar refractivity (Wildman–Crippen MR) is 113 cm³/mol. The monoisotopic (exact) mass is 392 g/mol. The van der Waals surface area contributed by atoms with Crippen LogP contribution in [0.2, 0.25) is 5.02 Å². The summed E-state index contributed by atoms with van der Waals surface area (Å²) in [6.07, 6.45) is 4.74. The maximum atomic E-state index is 6.15. The van der Waals surface area contributed by atoms with Gasteiger partial charge < -0.3 is 15.4 Å². The molecule has 0 amide bonds. The van der Waals surface area contributed by atoms with Crippen LogP contribution in [-0.4, -0.2) is 55.8 Å². The molecule has 5 nitrogen and oxygen atoms in total. The number of rotatable bonds is 6. The summed E-state index contributed by atoms with van der Waals surface area (Å²) < 4.78 is 5.65. The molecule has 0 aliphatic carbocycles. The Labute approximate surface area is 168 Å². The number of aliphatic imine (C=N–C) groups is 1. The van der Waals surface area contributed by atoms with Crippen LogP contribution in [0.4, 0.5) is 0 Å². The van der Waals surface area contributed by atoms with Crippen LogP contribution < -0.4 is 10.6 Å². The summed E-state index contributed by atoms with van der Waals surface area (Å²) in [6, 6.07) is 8.13. The first-order valence-corrected chi connectivity index (χ1v) is 10.6. The van der Waals surface area contributed by atoms with Gasteiger partial charge in [0.2, 0.25) is 0 Å². The Morgan fingerprint density at radius 3 is 2.70 bits per heavy atom. The molecule has 2 saturated heterocycles. The third-order valence-corrected chi connectivity index (χ3v) is 6.01. The number of ether oxygens (including phenoxy) is 1. The Morgan fingerprint density at radius 2 is 2.04 bits per heavy atom. The molecule has 0 saturated carbocycles. The number of benzene rings is 1.